The third kappa shape index (κ3) is 4.66. The molecule has 4 N–H and O–H groups in total. The fourth-order valence-electron chi connectivity index (χ4n) is 1.70. The van der Waals surface area contributed by atoms with Crippen molar-refractivity contribution in [3.05, 3.63) is 0 Å². The Morgan fingerprint density at radius 3 is 2.44 bits per heavy atom. The van der Waals surface area contributed by atoms with Crippen molar-refractivity contribution < 1.29 is 33.6 Å². The first-order chi connectivity index (χ1) is 8.24. The fourth-order valence-corrected chi connectivity index (χ4v) is 4.15. The average molecular weight is 328 g/mol. The van der Waals surface area contributed by atoms with Crippen molar-refractivity contribution in [3.63, 3.8) is 0 Å². The Bertz CT molecular complexity index is 305. The van der Waals surface area contributed by atoms with Crippen molar-refractivity contribution in [1.29, 1.82) is 0 Å². The molecule has 0 spiro atoms. The second kappa shape index (κ2) is 6.52. The summed E-state index contributed by atoms with van der Waals surface area (Å²) in [5.41, 5.74) is 3.26. The van der Waals surface area contributed by atoms with E-state index >= 15 is 0 Å². The Balaban J connectivity index is 2.51. The van der Waals surface area contributed by atoms with Gasteiger partial charge in [0.1, 0.15) is 0 Å². The molecule has 5 atom stereocenters. The minimum absolute atomic E-state index is 0.207. The van der Waals surface area contributed by atoms with Crippen LogP contribution in [0.2, 0.25) is 16.6 Å². The summed E-state index contributed by atoms with van der Waals surface area (Å²) >= 11 is -2.99. The van der Waals surface area contributed by atoms with E-state index < -0.39 is 50.8 Å². The molecular weight excluding hydrogens is 307 g/mol. The molecule has 7 nitrogen and oxygen atoms in total. The average Bonchev–Trinajstić information content (AvgIpc) is 2.52. The van der Waals surface area contributed by atoms with E-state index in [1.165, 1.54) is 0 Å². The van der Waals surface area contributed by atoms with Gasteiger partial charge >= 0.3 is 108 Å². The van der Waals surface area contributed by atoms with E-state index in [1.807, 2.05) is 0 Å². The maximum absolute atomic E-state index is 11.7. The van der Waals surface area contributed by atoms with Crippen LogP contribution in [0.15, 0.2) is 0 Å². The molecule has 0 aromatic rings. The summed E-state index contributed by atoms with van der Waals surface area (Å²) < 4.78 is 22.1. The van der Waals surface area contributed by atoms with Crippen LogP contribution in [0.5, 0.6) is 0 Å². The van der Waals surface area contributed by atoms with Gasteiger partial charge in [0.15, 0.2) is 0 Å². The summed E-state index contributed by atoms with van der Waals surface area (Å²) in [5.74, 6) is 0. The molecule has 18 heavy (non-hydrogen) atoms. The van der Waals surface area contributed by atoms with Gasteiger partial charge in [-0.1, -0.05) is 0 Å². The van der Waals surface area contributed by atoms with Crippen LogP contribution in [0.3, 0.4) is 0 Å². The van der Waals surface area contributed by atoms with Crippen LogP contribution in [-0.4, -0.2) is 77.8 Å². The molecule has 1 saturated heterocycles. The number of aliphatic hydroxyl groups excluding tert-OH is 4. The summed E-state index contributed by atoms with van der Waals surface area (Å²) in [6, 6.07) is 0. The number of aliphatic hydroxyl groups is 4. The van der Waals surface area contributed by atoms with E-state index in [0.29, 0.717) is 0 Å². The van der Waals surface area contributed by atoms with E-state index in [1.54, 1.807) is 11.4 Å². The summed E-state index contributed by atoms with van der Waals surface area (Å²) in [7, 11) is 0. The molecule has 0 radical (unpaired) electrons. The van der Waals surface area contributed by atoms with E-state index in [0.717, 1.165) is 0 Å². The van der Waals surface area contributed by atoms with Gasteiger partial charge in [0, 0.05) is 0 Å². The molecule has 0 aromatic heterocycles. The van der Waals surface area contributed by atoms with Crippen LogP contribution in [0.1, 0.15) is 0 Å². The topological polar surface area (TPSA) is 116 Å². The first-order valence-corrected chi connectivity index (χ1v) is 11.6. The van der Waals surface area contributed by atoms with Crippen molar-refractivity contribution >= 4 is 13.5 Å². The standard InChI is InChI=1S/C10H21AsO7/c1-11(2,16)3-7-8(14)9(15)10(18-7)17-5-6(13)4-12/h6-10,12-15H,3-5H2,1-2H3/t6-,7-,8-,9-,10-/m1/s1. The molecule has 8 heteroatoms. The number of rotatable bonds is 6. The molecule has 0 amide bonds. The third-order valence-electron chi connectivity index (χ3n) is 2.60. The van der Waals surface area contributed by atoms with Gasteiger partial charge in [0.25, 0.3) is 0 Å². The van der Waals surface area contributed by atoms with Crippen LogP contribution in [-0.2, 0) is 13.2 Å². The van der Waals surface area contributed by atoms with Gasteiger partial charge in [-0.25, -0.2) is 0 Å². The van der Waals surface area contributed by atoms with Gasteiger partial charge in [-0.15, -0.1) is 0 Å². The Morgan fingerprint density at radius 2 is 1.94 bits per heavy atom. The van der Waals surface area contributed by atoms with E-state index in [-0.39, 0.29) is 11.8 Å². The van der Waals surface area contributed by atoms with E-state index in [9.17, 15) is 14.0 Å². The second-order valence-electron chi connectivity index (χ2n) is 4.95. The molecule has 0 bridgehead atoms. The summed E-state index contributed by atoms with van der Waals surface area (Å²) in [4.78, 5) is 0. The number of hydrogen-bond donors (Lipinski definition) is 4. The van der Waals surface area contributed by atoms with E-state index in [2.05, 4.69) is 0 Å². The quantitative estimate of drug-likeness (QED) is 0.436. The fraction of sp³-hybridized carbons (Fsp3) is 1.00. The van der Waals surface area contributed by atoms with Gasteiger partial charge in [-0.05, 0) is 0 Å². The zero-order chi connectivity index (χ0) is 13.9. The van der Waals surface area contributed by atoms with Gasteiger partial charge in [-0.3, -0.25) is 0 Å². The van der Waals surface area contributed by atoms with Crippen LogP contribution >= 0.6 is 0 Å². The summed E-state index contributed by atoms with van der Waals surface area (Å²) in [6.45, 7) is -0.671. The monoisotopic (exact) mass is 328 g/mol. The van der Waals surface area contributed by atoms with Crippen LogP contribution in [0.4, 0.5) is 0 Å². The predicted molar refractivity (Wildman–Crippen MR) is 62.7 cm³/mol. The third-order valence-corrected chi connectivity index (χ3v) is 5.20. The Hall–Kier alpha value is 0.118. The minimum atomic E-state index is -2.99. The van der Waals surface area contributed by atoms with Gasteiger partial charge in [0.2, 0.25) is 0 Å². The van der Waals surface area contributed by atoms with Crippen molar-refractivity contribution in [2.24, 2.45) is 0 Å². The molecular formula is C10H21AsO7. The van der Waals surface area contributed by atoms with Gasteiger partial charge in [-0.2, -0.15) is 0 Å². The van der Waals surface area contributed by atoms with Gasteiger partial charge in [0.05, 0.1) is 0 Å². The molecule has 0 unspecified atom stereocenters. The molecule has 0 saturated carbocycles. The molecule has 1 heterocycles. The first-order valence-electron chi connectivity index (χ1n) is 5.70. The van der Waals surface area contributed by atoms with Crippen LogP contribution in [0.25, 0.3) is 0 Å². The molecule has 1 fully saturated rings. The molecule has 1 aliphatic rings. The number of hydrogen-bond acceptors (Lipinski definition) is 7. The zero-order valence-corrected chi connectivity index (χ0v) is 12.3. The molecule has 0 aliphatic carbocycles. The molecule has 108 valence electrons. The second-order valence-corrected chi connectivity index (χ2v) is 12.3. The van der Waals surface area contributed by atoms with Crippen LogP contribution < -0.4 is 0 Å². The van der Waals surface area contributed by atoms with Gasteiger partial charge < -0.3 is 0 Å². The maximum atomic E-state index is 11.7. The summed E-state index contributed by atoms with van der Waals surface area (Å²) in [6.07, 6.45) is -5.27. The molecule has 1 rings (SSSR count). The Morgan fingerprint density at radius 1 is 1.33 bits per heavy atom. The van der Waals surface area contributed by atoms with E-state index in [4.69, 9.17) is 19.7 Å². The Labute approximate surface area is 108 Å². The van der Waals surface area contributed by atoms with Crippen molar-refractivity contribution in [2.75, 3.05) is 13.2 Å². The van der Waals surface area contributed by atoms with Crippen molar-refractivity contribution in [1.82, 2.24) is 0 Å². The number of ether oxygens (including phenoxy) is 2. The Kier molecular flexibility index (Phi) is 5.86. The zero-order valence-electron chi connectivity index (χ0n) is 10.5. The normalized spacial score (nSPS) is 34.8. The van der Waals surface area contributed by atoms with Crippen molar-refractivity contribution in [2.45, 2.75) is 47.3 Å². The predicted octanol–water partition coefficient (Wildman–Crippen LogP) is -1.56. The first kappa shape index (κ1) is 16.2. The molecule has 0 aromatic carbocycles. The van der Waals surface area contributed by atoms with Crippen LogP contribution in [0, 0.1) is 0 Å². The molecule has 1 aliphatic heterocycles. The van der Waals surface area contributed by atoms with Crippen molar-refractivity contribution in [3.8, 4) is 0 Å². The SMILES string of the molecule is C[As](C)(=O)C[C@H]1O[C@@H](OC[C@H](O)CO)[C@H](O)[C@@H]1O. The summed E-state index contributed by atoms with van der Waals surface area (Å²) in [5, 5.41) is 37.3.